The quantitative estimate of drug-likeness (QED) is 0.802. The van der Waals surface area contributed by atoms with E-state index < -0.39 is 15.8 Å². The first-order valence-corrected chi connectivity index (χ1v) is 9.74. The van der Waals surface area contributed by atoms with E-state index in [1.54, 1.807) is 36.1 Å². The maximum Gasteiger partial charge on any atom is 0.226 e. The molecule has 5 nitrogen and oxygen atoms in total. The minimum Gasteiger partial charge on any atom is -0.340 e. The van der Waals surface area contributed by atoms with Gasteiger partial charge in [-0.15, -0.1) is 12.4 Å². The molecule has 8 heteroatoms. The molecule has 1 N–H and O–H groups in total. The average molecular weight is 426 g/mol. The zero-order valence-electron chi connectivity index (χ0n) is 13.2. The van der Waals surface area contributed by atoms with Crippen molar-refractivity contribution in [3.8, 4) is 0 Å². The molecule has 1 heterocycles. The van der Waals surface area contributed by atoms with Crippen LogP contribution in [0.25, 0.3) is 0 Å². The fraction of sp³-hybridized carbons (Fsp3) is 0.533. The van der Waals surface area contributed by atoms with E-state index in [9.17, 15) is 13.2 Å². The first-order chi connectivity index (χ1) is 10.3. The number of nitrogens with zero attached hydrogens (tertiary/aromatic N) is 1. The van der Waals surface area contributed by atoms with Gasteiger partial charge in [-0.1, -0.05) is 22.9 Å². The van der Waals surface area contributed by atoms with Crippen molar-refractivity contribution in [2.24, 2.45) is 5.92 Å². The average Bonchev–Trinajstić information content (AvgIpc) is 2.46. The number of rotatable bonds is 4. The summed E-state index contributed by atoms with van der Waals surface area (Å²) >= 11 is 3.28. The Morgan fingerprint density at radius 3 is 2.57 bits per heavy atom. The van der Waals surface area contributed by atoms with Crippen molar-refractivity contribution < 1.29 is 13.2 Å². The van der Waals surface area contributed by atoms with Crippen LogP contribution in [0.5, 0.6) is 0 Å². The van der Waals surface area contributed by atoms with Crippen molar-refractivity contribution in [2.75, 3.05) is 25.4 Å². The van der Waals surface area contributed by atoms with Gasteiger partial charge in [0.2, 0.25) is 5.91 Å². The predicted octanol–water partition coefficient (Wildman–Crippen LogP) is 2.10. The number of carbonyl (C=O) groups excluding carboxylic acids is 1. The lowest BCUT2D eigenvalue weighted by Crippen LogP contribution is -2.53. The third-order valence-electron chi connectivity index (χ3n) is 3.74. The van der Waals surface area contributed by atoms with E-state index in [1.165, 1.54) is 0 Å². The number of nitrogens with one attached hydrogen (secondary N) is 1. The lowest BCUT2D eigenvalue weighted by molar-refractivity contribution is -0.135. The number of halogens is 2. The molecule has 23 heavy (non-hydrogen) atoms. The predicted molar refractivity (Wildman–Crippen MR) is 96.7 cm³/mol. The van der Waals surface area contributed by atoms with Crippen LogP contribution in [0.1, 0.15) is 13.8 Å². The molecule has 1 fully saturated rings. The number of hydrogen-bond donors (Lipinski definition) is 1. The van der Waals surface area contributed by atoms with Gasteiger partial charge in [0.1, 0.15) is 0 Å². The molecule has 0 aromatic heterocycles. The van der Waals surface area contributed by atoms with Crippen LogP contribution >= 0.6 is 28.3 Å². The zero-order chi connectivity index (χ0) is 16.3. The van der Waals surface area contributed by atoms with Crippen LogP contribution in [0.15, 0.2) is 33.6 Å². The summed E-state index contributed by atoms with van der Waals surface area (Å²) in [5.41, 5.74) is 0. The lowest BCUT2D eigenvalue weighted by Gasteiger charge is -2.33. The Morgan fingerprint density at radius 1 is 1.39 bits per heavy atom. The molecule has 1 aromatic carbocycles. The van der Waals surface area contributed by atoms with E-state index in [0.717, 1.165) is 11.0 Å². The molecule has 1 amide bonds. The highest BCUT2D eigenvalue weighted by atomic mass is 79.9. The zero-order valence-corrected chi connectivity index (χ0v) is 16.4. The molecule has 0 bridgehead atoms. The third-order valence-corrected chi connectivity index (χ3v) is 6.20. The monoisotopic (exact) mass is 424 g/mol. The second kappa shape index (κ2) is 8.46. The molecule has 1 aliphatic rings. The van der Waals surface area contributed by atoms with Crippen molar-refractivity contribution in [2.45, 2.75) is 24.8 Å². The Kier molecular flexibility index (Phi) is 7.51. The van der Waals surface area contributed by atoms with Gasteiger partial charge in [-0.25, -0.2) is 8.42 Å². The van der Waals surface area contributed by atoms with Crippen LogP contribution in [0, 0.1) is 5.92 Å². The highest BCUT2D eigenvalue weighted by Crippen LogP contribution is 2.19. The van der Waals surface area contributed by atoms with E-state index in [2.05, 4.69) is 21.2 Å². The minimum absolute atomic E-state index is 0. The van der Waals surface area contributed by atoms with E-state index >= 15 is 0 Å². The van der Waals surface area contributed by atoms with Crippen LogP contribution in [0.4, 0.5) is 0 Å². The molecule has 130 valence electrons. The van der Waals surface area contributed by atoms with Gasteiger partial charge in [-0.2, -0.15) is 0 Å². The molecule has 0 saturated carbocycles. The van der Waals surface area contributed by atoms with Gasteiger partial charge in [-0.3, -0.25) is 4.79 Å². The maximum atomic E-state index is 12.4. The normalized spacial score (nSPS) is 19.8. The highest BCUT2D eigenvalue weighted by Gasteiger charge is 2.28. The van der Waals surface area contributed by atoms with Gasteiger partial charge in [-0.05, 0) is 31.2 Å². The van der Waals surface area contributed by atoms with Gasteiger partial charge in [0, 0.05) is 36.1 Å². The second-order valence-corrected chi connectivity index (χ2v) is 8.73. The Morgan fingerprint density at radius 2 is 2.00 bits per heavy atom. The van der Waals surface area contributed by atoms with Crippen molar-refractivity contribution in [1.29, 1.82) is 0 Å². The van der Waals surface area contributed by atoms with E-state index in [4.69, 9.17) is 0 Å². The van der Waals surface area contributed by atoms with Crippen molar-refractivity contribution >= 4 is 44.1 Å². The van der Waals surface area contributed by atoms with Crippen LogP contribution in [0.3, 0.4) is 0 Å². The van der Waals surface area contributed by atoms with Gasteiger partial charge in [0.15, 0.2) is 9.84 Å². The van der Waals surface area contributed by atoms with Gasteiger partial charge in [0.25, 0.3) is 0 Å². The number of carbonyl (C=O) groups is 1. The van der Waals surface area contributed by atoms with Gasteiger partial charge >= 0.3 is 0 Å². The summed E-state index contributed by atoms with van der Waals surface area (Å²) in [5.74, 6) is -0.792. The smallest absolute Gasteiger partial charge is 0.226 e. The SMILES string of the molecule is CC1CN(C(=O)C(C)CS(=O)(=O)c2ccc(Br)cc2)CCN1.Cl. The van der Waals surface area contributed by atoms with Crippen molar-refractivity contribution in [3.05, 3.63) is 28.7 Å². The molecule has 1 aliphatic heterocycles. The molecule has 0 aliphatic carbocycles. The Balaban J connectivity index is 0.00000264. The van der Waals surface area contributed by atoms with Crippen molar-refractivity contribution in [3.63, 3.8) is 0 Å². The molecule has 2 unspecified atom stereocenters. The summed E-state index contributed by atoms with van der Waals surface area (Å²) in [6.07, 6.45) is 0. The van der Waals surface area contributed by atoms with Crippen LogP contribution in [-0.4, -0.2) is 50.7 Å². The molecule has 0 spiro atoms. The van der Waals surface area contributed by atoms with Gasteiger partial charge < -0.3 is 10.2 Å². The standard InChI is InChI=1S/C15H21BrN2O3S.ClH/c1-11(15(19)18-8-7-17-12(2)9-18)10-22(20,21)14-5-3-13(16)4-6-14;/h3-6,11-12,17H,7-10H2,1-2H3;1H. The second-order valence-electron chi connectivity index (χ2n) is 5.78. The molecule has 1 aromatic rings. The highest BCUT2D eigenvalue weighted by molar-refractivity contribution is 9.10. The largest absolute Gasteiger partial charge is 0.340 e. The van der Waals surface area contributed by atoms with E-state index in [0.29, 0.717) is 13.1 Å². The Labute approximate surface area is 152 Å². The Hall–Kier alpha value is -0.630. The molecule has 2 rings (SSSR count). The van der Waals surface area contributed by atoms with E-state index in [1.807, 2.05) is 6.92 Å². The molecule has 2 atom stereocenters. The number of hydrogen-bond acceptors (Lipinski definition) is 4. The molecule has 1 saturated heterocycles. The lowest BCUT2D eigenvalue weighted by atomic mass is 10.1. The van der Waals surface area contributed by atoms with Crippen molar-refractivity contribution in [1.82, 2.24) is 10.2 Å². The number of piperazine rings is 1. The van der Waals surface area contributed by atoms with Crippen LogP contribution in [0.2, 0.25) is 0 Å². The van der Waals surface area contributed by atoms with E-state index in [-0.39, 0.29) is 35.0 Å². The number of sulfone groups is 1. The summed E-state index contributed by atoms with van der Waals surface area (Å²) < 4.78 is 25.6. The third kappa shape index (κ3) is 5.45. The Bertz CT molecular complexity index is 637. The summed E-state index contributed by atoms with van der Waals surface area (Å²) in [6.45, 7) is 5.71. The molecular weight excluding hydrogens is 404 g/mol. The van der Waals surface area contributed by atoms with Crippen LogP contribution < -0.4 is 5.32 Å². The fourth-order valence-electron chi connectivity index (χ4n) is 2.58. The summed E-state index contributed by atoms with van der Waals surface area (Å²) in [6, 6.07) is 6.75. The van der Waals surface area contributed by atoms with Crippen LogP contribution in [-0.2, 0) is 14.6 Å². The number of amides is 1. The first-order valence-electron chi connectivity index (χ1n) is 7.30. The summed E-state index contributed by atoms with van der Waals surface area (Å²) in [7, 11) is -3.46. The first kappa shape index (κ1) is 20.4. The fourth-order valence-corrected chi connectivity index (χ4v) is 4.39. The summed E-state index contributed by atoms with van der Waals surface area (Å²) in [5, 5.41) is 3.27. The molecule has 0 radical (unpaired) electrons. The molecular formula is C15H22BrClN2O3S. The minimum atomic E-state index is -3.46. The van der Waals surface area contributed by atoms with Gasteiger partial charge in [0.05, 0.1) is 10.6 Å². The summed E-state index contributed by atoms with van der Waals surface area (Å²) in [4.78, 5) is 14.4. The maximum absolute atomic E-state index is 12.4. The topological polar surface area (TPSA) is 66.5 Å². The number of benzene rings is 1.